The molecule has 3 N–H and O–H groups in total. The van der Waals surface area contributed by atoms with Gasteiger partial charge in [-0.1, -0.05) is 13.8 Å². The molecule has 98 valence electrons. The molecule has 0 unspecified atom stereocenters. The number of hydrogen-bond acceptors (Lipinski definition) is 4. The van der Waals surface area contributed by atoms with Crippen LogP contribution in [0, 0.1) is 16.0 Å². The highest BCUT2D eigenvalue weighted by molar-refractivity contribution is 9.10. The third-order valence-electron chi connectivity index (χ3n) is 2.43. The lowest BCUT2D eigenvalue weighted by atomic mass is 10.0. The Labute approximate surface area is 113 Å². The summed E-state index contributed by atoms with van der Waals surface area (Å²) in [7, 11) is 0. The second-order valence-electron chi connectivity index (χ2n) is 4.18. The Hall–Kier alpha value is -1.47. The van der Waals surface area contributed by atoms with Crippen LogP contribution in [-0.4, -0.2) is 16.9 Å². The first-order valence-electron chi connectivity index (χ1n) is 5.33. The first kappa shape index (κ1) is 14.6. The van der Waals surface area contributed by atoms with Gasteiger partial charge in [-0.25, -0.2) is 0 Å². The van der Waals surface area contributed by atoms with Crippen molar-refractivity contribution in [3.05, 3.63) is 32.8 Å². The zero-order valence-corrected chi connectivity index (χ0v) is 11.6. The first-order chi connectivity index (χ1) is 8.32. The lowest BCUT2D eigenvalue weighted by molar-refractivity contribution is -0.385. The average Bonchev–Trinajstić information content (AvgIpc) is 2.27. The Morgan fingerprint density at radius 3 is 2.56 bits per heavy atom. The summed E-state index contributed by atoms with van der Waals surface area (Å²) < 4.78 is 0.309. The van der Waals surface area contributed by atoms with E-state index < -0.39 is 11.0 Å². The molecule has 0 aliphatic heterocycles. The molecule has 0 saturated carbocycles. The number of anilines is 1. The maximum absolute atomic E-state index is 11.7. The second kappa shape index (κ2) is 5.92. The van der Waals surface area contributed by atoms with E-state index in [1.807, 2.05) is 13.8 Å². The van der Waals surface area contributed by atoms with E-state index in [0.29, 0.717) is 10.2 Å². The molecular formula is C11H14BrN3O3. The van der Waals surface area contributed by atoms with E-state index in [1.165, 1.54) is 18.2 Å². The van der Waals surface area contributed by atoms with Crippen LogP contribution in [0.1, 0.15) is 13.8 Å². The molecule has 0 heterocycles. The van der Waals surface area contributed by atoms with Gasteiger partial charge in [-0.15, -0.1) is 0 Å². The molecule has 0 aliphatic rings. The Morgan fingerprint density at radius 2 is 2.11 bits per heavy atom. The molecule has 0 aliphatic carbocycles. The summed E-state index contributed by atoms with van der Waals surface area (Å²) >= 11 is 3.08. The van der Waals surface area contributed by atoms with Gasteiger partial charge in [0.15, 0.2) is 0 Å². The van der Waals surface area contributed by atoms with Crippen LogP contribution in [0.4, 0.5) is 11.4 Å². The van der Waals surface area contributed by atoms with Crippen molar-refractivity contribution in [2.75, 3.05) is 5.32 Å². The van der Waals surface area contributed by atoms with Gasteiger partial charge in [0.2, 0.25) is 5.91 Å². The molecule has 7 heteroatoms. The highest BCUT2D eigenvalue weighted by atomic mass is 79.9. The van der Waals surface area contributed by atoms with Gasteiger partial charge in [0.1, 0.15) is 0 Å². The van der Waals surface area contributed by atoms with E-state index in [-0.39, 0.29) is 17.5 Å². The number of nitrogens with two attached hydrogens (primary N) is 1. The van der Waals surface area contributed by atoms with Crippen LogP contribution < -0.4 is 11.1 Å². The third kappa shape index (κ3) is 3.51. The Balaban J connectivity index is 2.84. The lowest BCUT2D eigenvalue weighted by Gasteiger charge is -2.15. The van der Waals surface area contributed by atoms with E-state index in [2.05, 4.69) is 21.2 Å². The zero-order chi connectivity index (χ0) is 13.9. The van der Waals surface area contributed by atoms with Crippen molar-refractivity contribution >= 4 is 33.2 Å². The Morgan fingerprint density at radius 1 is 1.50 bits per heavy atom. The van der Waals surface area contributed by atoms with Crippen LogP contribution in [0.3, 0.4) is 0 Å². The van der Waals surface area contributed by atoms with Crippen molar-refractivity contribution in [1.82, 2.24) is 0 Å². The minimum atomic E-state index is -0.612. The number of nitrogens with one attached hydrogen (secondary N) is 1. The van der Waals surface area contributed by atoms with Gasteiger partial charge in [0.25, 0.3) is 5.69 Å². The molecule has 1 amide bonds. The lowest BCUT2D eigenvalue weighted by Crippen LogP contribution is -2.39. The van der Waals surface area contributed by atoms with Crippen LogP contribution in [-0.2, 0) is 4.79 Å². The monoisotopic (exact) mass is 315 g/mol. The van der Waals surface area contributed by atoms with Crippen LogP contribution in [0.25, 0.3) is 0 Å². The number of nitro benzene ring substituents is 1. The number of nitro groups is 1. The number of halogens is 1. The molecule has 0 saturated heterocycles. The molecular weight excluding hydrogens is 302 g/mol. The average molecular weight is 316 g/mol. The number of benzene rings is 1. The fourth-order valence-corrected chi connectivity index (χ4v) is 1.78. The van der Waals surface area contributed by atoms with E-state index in [1.54, 1.807) is 0 Å². The molecule has 0 radical (unpaired) electrons. The van der Waals surface area contributed by atoms with E-state index >= 15 is 0 Å². The predicted molar refractivity (Wildman–Crippen MR) is 72.2 cm³/mol. The number of carbonyl (C=O) groups is 1. The van der Waals surface area contributed by atoms with Gasteiger partial charge in [-0.2, -0.15) is 0 Å². The van der Waals surface area contributed by atoms with Crippen LogP contribution >= 0.6 is 15.9 Å². The largest absolute Gasteiger partial charge is 0.325 e. The molecule has 0 spiro atoms. The predicted octanol–water partition coefficient (Wildman–Crippen LogP) is 2.28. The number of amides is 1. The molecule has 0 aromatic heterocycles. The van der Waals surface area contributed by atoms with E-state index in [4.69, 9.17) is 5.73 Å². The Bertz CT molecular complexity index is 477. The van der Waals surface area contributed by atoms with Crippen molar-refractivity contribution in [3.63, 3.8) is 0 Å². The summed E-state index contributed by atoms with van der Waals surface area (Å²) in [5.41, 5.74) is 6.10. The maximum Gasteiger partial charge on any atom is 0.283 e. The van der Waals surface area contributed by atoms with Gasteiger partial charge in [-0.3, -0.25) is 14.9 Å². The van der Waals surface area contributed by atoms with Crippen LogP contribution in [0.2, 0.25) is 0 Å². The van der Waals surface area contributed by atoms with Crippen molar-refractivity contribution in [1.29, 1.82) is 0 Å². The van der Waals surface area contributed by atoms with Crippen LogP contribution in [0.5, 0.6) is 0 Å². The van der Waals surface area contributed by atoms with Crippen LogP contribution in [0.15, 0.2) is 22.7 Å². The second-order valence-corrected chi connectivity index (χ2v) is 5.04. The summed E-state index contributed by atoms with van der Waals surface area (Å²) in [5, 5.41) is 13.2. The summed E-state index contributed by atoms with van der Waals surface area (Å²) in [6, 6.07) is 3.65. The Kier molecular flexibility index (Phi) is 4.80. The summed E-state index contributed by atoms with van der Waals surface area (Å²) in [6.07, 6.45) is 0. The number of rotatable bonds is 4. The number of nitrogens with zero attached hydrogens (tertiary/aromatic N) is 1. The minimum Gasteiger partial charge on any atom is -0.325 e. The molecule has 18 heavy (non-hydrogen) atoms. The fourth-order valence-electron chi connectivity index (χ4n) is 1.26. The molecule has 1 atom stereocenters. The van der Waals surface area contributed by atoms with Gasteiger partial charge >= 0.3 is 0 Å². The molecule has 0 bridgehead atoms. The highest BCUT2D eigenvalue weighted by Gasteiger charge is 2.18. The van der Waals surface area contributed by atoms with Crippen molar-refractivity contribution in [2.24, 2.45) is 11.7 Å². The van der Waals surface area contributed by atoms with Crippen molar-refractivity contribution < 1.29 is 9.72 Å². The van der Waals surface area contributed by atoms with Gasteiger partial charge in [0.05, 0.1) is 15.4 Å². The van der Waals surface area contributed by atoms with E-state index in [9.17, 15) is 14.9 Å². The molecule has 1 rings (SSSR count). The summed E-state index contributed by atoms with van der Waals surface area (Å²) in [6.45, 7) is 3.69. The molecule has 6 nitrogen and oxygen atoms in total. The quantitative estimate of drug-likeness (QED) is 0.657. The first-order valence-corrected chi connectivity index (χ1v) is 6.12. The number of hydrogen-bond donors (Lipinski definition) is 2. The fraction of sp³-hybridized carbons (Fsp3) is 0.364. The smallest absolute Gasteiger partial charge is 0.283 e. The highest BCUT2D eigenvalue weighted by Crippen LogP contribution is 2.27. The standard InChI is InChI=1S/C11H14BrN3O3/c1-6(2)10(13)11(16)14-7-3-4-9(15(17)18)8(12)5-7/h3-6,10H,13H2,1-2H3,(H,14,16)/t10-/m1/s1. The number of carbonyl (C=O) groups excluding carboxylic acids is 1. The summed E-state index contributed by atoms with van der Waals surface area (Å²) in [4.78, 5) is 21.8. The zero-order valence-electron chi connectivity index (χ0n) is 10.0. The molecule has 1 aromatic carbocycles. The molecule has 1 aromatic rings. The summed E-state index contributed by atoms with van der Waals surface area (Å²) in [5.74, 6) is -0.294. The van der Waals surface area contributed by atoms with Gasteiger partial charge < -0.3 is 11.1 Å². The van der Waals surface area contributed by atoms with Crippen molar-refractivity contribution in [2.45, 2.75) is 19.9 Å². The maximum atomic E-state index is 11.7. The normalized spacial score (nSPS) is 12.3. The van der Waals surface area contributed by atoms with Gasteiger partial charge in [-0.05, 0) is 34.0 Å². The third-order valence-corrected chi connectivity index (χ3v) is 3.07. The van der Waals surface area contributed by atoms with Gasteiger partial charge in [0, 0.05) is 11.8 Å². The minimum absolute atomic E-state index is 0.0199. The van der Waals surface area contributed by atoms with Crippen molar-refractivity contribution in [3.8, 4) is 0 Å². The molecule has 0 fully saturated rings. The topological polar surface area (TPSA) is 98.3 Å². The SMILES string of the molecule is CC(C)[C@@H](N)C(=O)Nc1ccc([N+](=O)[O-])c(Br)c1. The van der Waals surface area contributed by atoms with E-state index in [0.717, 1.165) is 0 Å².